The molecule has 0 spiro atoms. The quantitative estimate of drug-likeness (QED) is 0.475. The lowest BCUT2D eigenvalue weighted by Gasteiger charge is -2.28. The van der Waals surface area contributed by atoms with Crippen molar-refractivity contribution >= 4 is 17.7 Å². The summed E-state index contributed by atoms with van der Waals surface area (Å²) in [4.78, 5) is 11.9. The molecule has 2 unspecified atom stereocenters. The van der Waals surface area contributed by atoms with Gasteiger partial charge in [-0.2, -0.15) is 11.8 Å². The van der Waals surface area contributed by atoms with E-state index in [9.17, 15) is 4.79 Å². The molecule has 112 valence electrons. The molecule has 0 radical (unpaired) electrons. The molecule has 0 aromatic rings. The molecule has 0 aromatic carbocycles. The van der Waals surface area contributed by atoms with E-state index >= 15 is 0 Å². The maximum Gasteiger partial charge on any atom is 0.325 e. The summed E-state index contributed by atoms with van der Waals surface area (Å²) in [6.45, 7) is 4.20. The first-order chi connectivity index (χ1) is 9.01. The topological polar surface area (TPSA) is 58.6 Å². The Morgan fingerprint density at radius 2 is 2.21 bits per heavy atom. The molecule has 1 fully saturated rings. The Kier molecular flexibility index (Phi) is 7.18. The van der Waals surface area contributed by atoms with E-state index in [1.165, 1.54) is 7.11 Å². The number of aliphatic hydroxyl groups is 1. The second-order valence-corrected chi connectivity index (χ2v) is 7.11. The summed E-state index contributed by atoms with van der Waals surface area (Å²) in [5, 5.41) is 12.6. The molecule has 19 heavy (non-hydrogen) atoms. The number of unbranched alkanes of at least 4 members (excludes halogenated alkanes) is 1. The van der Waals surface area contributed by atoms with Gasteiger partial charge in [0, 0.05) is 11.3 Å². The summed E-state index contributed by atoms with van der Waals surface area (Å²) in [5.74, 6) is 0.873. The largest absolute Gasteiger partial charge is 0.468 e. The highest BCUT2D eigenvalue weighted by Crippen LogP contribution is 2.26. The number of aliphatic hydroxyl groups excluding tert-OH is 1. The normalized spacial score (nSPS) is 19.8. The van der Waals surface area contributed by atoms with Crippen LogP contribution in [-0.2, 0) is 9.53 Å². The molecular weight excluding hydrogens is 262 g/mol. The number of carbonyl (C=O) groups is 1. The number of carbonyl (C=O) groups excluding carboxylic acids is 1. The predicted molar refractivity (Wildman–Crippen MR) is 79.4 cm³/mol. The van der Waals surface area contributed by atoms with Crippen LogP contribution in [0.2, 0.25) is 0 Å². The lowest BCUT2D eigenvalue weighted by atomic mass is 9.95. The van der Waals surface area contributed by atoms with Crippen molar-refractivity contribution in [1.82, 2.24) is 5.32 Å². The average Bonchev–Trinajstić information content (AvgIpc) is 3.20. The summed E-state index contributed by atoms with van der Waals surface area (Å²) in [6.07, 6.45) is 5.20. The highest BCUT2D eigenvalue weighted by Gasteiger charge is 2.38. The van der Waals surface area contributed by atoms with Crippen LogP contribution in [0.1, 0.15) is 46.0 Å². The Bertz CT molecular complexity index is 284. The summed E-state index contributed by atoms with van der Waals surface area (Å²) in [5.41, 5.74) is -0.539. The van der Waals surface area contributed by atoms with E-state index in [0.717, 1.165) is 37.9 Å². The van der Waals surface area contributed by atoms with Gasteiger partial charge >= 0.3 is 5.97 Å². The molecule has 0 amide bonds. The van der Waals surface area contributed by atoms with Gasteiger partial charge in [0.1, 0.15) is 5.54 Å². The monoisotopic (exact) mass is 289 g/mol. The second-order valence-electron chi connectivity index (χ2n) is 5.56. The molecule has 0 saturated heterocycles. The minimum atomic E-state index is -0.539. The van der Waals surface area contributed by atoms with E-state index < -0.39 is 5.54 Å². The van der Waals surface area contributed by atoms with Crippen LogP contribution in [0.15, 0.2) is 0 Å². The van der Waals surface area contributed by atoms with Crippen LogP contribution < -0.4 is 5.32 Å². The minimum Gasteiger partial charge on any atom is -0.468 e. The van der Waals surface area contributed by atoms with Crippen molar-refractivity contribution in [3.63, 3.8) is 0 Å². The molecule has 4 nitrogen and oxygen atoms in total. The van der Waals surface area contributed by atoms with Gasteiger partial charge in [0.2, 0.25) is 0 Å². The predicted octanol–water partition coefficient (Wildman–Crippen LogP) is 1.95. The summed E-state index contributed by atoms with van der Waals surface area (Å²) in [7, 11) is 1.45. The summed E-state index contributed by atoms with van der Waals surface area (Å²) >= 11 is 1.78. The van der Waals surface area contributed by atoms with Gasteiger partial charge in [0.15, 0.2) is 0 Å². The Labute approximate surface area is 120 Å². The van der Waals surface area contributed by atoms with E-state index in [2.05, 4.69) is 5.32 Å². The van der Waals surface area contributed by atoms with Crippen molar-refractivity contribution in [3.05, 3.63) is 0 Å². The number of hydrogen-bond donors (Lipinski definition) is 2. The number of methoxy groups -OCH3 is 1. The molecule has 0 heterocycles. The van der Waals surface area contributed by atoms with Gasteiger partial charge < -0.3 is 9.84 Å². The zero-order valence-electron chi connectivity index (χ0n) is 12.3. The van der Waals surface area contributed by atoms with Crippen LogP contribution in [0, 0.1) is 0 Å². The number of thioether (sulfide) groups is 1. The number of esters is 1. The van der Waals surface area contributed by atoms with E-state index in [-0.39, 0.29) is 12.6 Å². The fourth-order valence-corrected chi connectivity index (χ4v) is 2.93. The van der Waals surface area contributed by atoms with Crippen molar-refractivity contribution in [2.24, 2.45) is 0 Å². The minimum absolute atomic E-state index is 0.157. The lowest BCUT2D eigenvalue weighted by Crippen LogP contribution is -2.51. The van der Waals surface area contributed by atoms with Crippen molar-refractivity contribution < 1.29 is 14.6 Å². The average molecular weight is 289 g/mol. The second kappa shape index (κ2) is 8.12. The van der Waals surface area contributed by atoms with Crippen molar-refractivity contribution in [2.75, 3.05) is 19.5 Å². The molecule has 0 aromatic heterocycles. The zero-order valence-corrected chi connectivity index (χ0v) is 13.1. The summed E-state index contributed by atoms with van der Waals surface area (Å²) < 4.78 is 4.92. The Hall–Kier alpha value is -0.260. The highest BCUT2D eigenvalue weighted by molar-refractivity contribution is 7.99. The number of nitrogens with one attached hydrogen (secondary N) is 1. The first-order valence-electron chi connectivity index (χ1n) is 7.10. The van der Waals surface area contributed by atoms with Crippen molar-refractivity contribution in [3.8, 4) is 0 Å². The lowest BCUT2D eigenvalue weighted by molar-refractivity contribution is -0.148. The van der Waals surface area contributed by atoms with E-state index in [1.807, 2.05) is 13.8 Å². The van der Waals surface area contributed by atoms with Gasteiger partial charge in [-0.15, -0.1) is 0 Å². The van der Waals surface area contributed by atoms with Crippen LogP contribution in [0.5, 0.6) is 0 Å². The fourth-order valence-electron chi connectivity index (χ4n) is 2.05. The SMILES string of the molecule is COC(=O)C(C)(CCCCSC(C)CO)NC1CC1. The summed E-state index contributed by atoms with van der Waals surface area (Å²) in [6, 6.07) is 0.493. The highest BCUT2D eigenvalue weighted by atomic mass is 32.2. The fraction of sp³-hybridized carbons (Fsp3) is 0.929. The maximum atomic E-state index is 11.9. The van der Waals surface area contributed by atoms with Crippen LogP contribution in [0.4, 0.5) is 0 Å². The molecule has 1 saturated carbocycles. The van der Waals surface area contributed by atoms with Crippen LogP contribution >= 0.6 is 11.8 Å². The molecule has 1 rings (SSSR count). The van der Waals surface area contributed by atoms with Crippen LogP contribution in [0.25, 0.3) is 0 Å². The van der Waals surface area contributed by atoms with Crippen molar-refractivity contribution in [1.29, 1.82) is 0 Å². The molecule has 1 aliphatic carbocycles. The van der Waals surface area contributed by atoms with Gasteiger partial charge in [0.25, 0.3) is 0 Å². The molecule has 0 bridgehead atoms. The Morgan fingerprint density at radius 1 is 1.53 bits per heavy atom. The third-order valence-corrected chi connectivity index (χ3v) is 4.71. The third kappa shape index (κ3) is 6.15. The first-order valence-corrected chi connectivity index (χ1v) is 8.15. The van der Waals surface area contributed by atoms with Gasteiger partial charge in [0.05, 0.1) is 13.7 Å². The molecular formula is C14H27NO3S. The van der Waals surface area contributed by atoms with Gasteiger partial charge in [-0.3, -0.25) is 10.1 Å². The molecule has 2 atom stereocenters. The molecule has 0 aliphatic heterocycles. The first kappa shape index (κ1) is 16.8. The molecule has 2 N–H and O–H groups in total. The molecule has 5 heteroatoms. The van der Waals surface area contributed by atoms with Gasteiger partial charge in [-0.05, 0) is 38.4 Å². The molecule has 1 aliphatic rings. The number of ether oxygens (including phenoxy) is 1. The zero-order chi connectivity index (χ0) is 14.3. The van der Waals surface area contributed by atoms with Crippen LogP contribution in [-0.4, -0.2) is 47.4 Å². The number of hydrogen-bond acceptors (Lipinski definition) is 5. The Morgan fingerprint density at radius 3 is 2.74 bits per heavy atom. The number of rotatable bonds is 10. The van der Waals surface area contributed by atoms with E-state index in [0.29, 0.717) is 11.3 Å². The van der Waals surface area contributed by atoms with Crippen molar-refractivity contribution in [2.45, 2.75) is 62.8 Å². The Balaban J connectivity index is 2.26. The van der Waals surface area contributed by atoms with Crippen LogP contribution in [0.3, 0.4) is 0 Å². The van der Waals surface area contributed by atoms with E-state index in [4.69, 9.17) is 9.84 Å². The van der Waals surface area contributed by atoms with E-state index in [1.54, 1.807) is 11.8 Å². The third-order valence-electron chi connectivity index (χ3n) is 3.47. The maximum absolute atomic E-state index is 11.9. The standard InChI is InChI=1S/C14H27NO3S/c1-11(10-16)19-9-5-4-8-14(2,13(17)18-3)15-12-6-7-12/h11-12,15-16H,4-10H2,1-3H3. The van der Waals surface area contributed by atoms with Gasteiger partial charge in [-0.1, -0.05) is 13.3 Å². The van der Waals surface area contributed by atoms with Gasteiger partial charge in [-0.25, -0.2) is 0 Å². The smallest absolute Gasteiger partial charge is 0.325 e.